The van der Waals surface area contributed by atoms with Gasteiger partial charge in [-0.2, -0.15) is 0 Å². The molecule has 6 heteroatoms. The van der Waals surface area contributed by atoms with Crippen LogP contribution in [0.2, 0.25) is 0 Å². The van der Waals surface area contributed by atoms with Crippen LogP contribution in [0.25, 0.3) is 0 Å². The summed E-state index contributed by atoms with van der Waals surface area (Å²) in [6, 6.07) is 15.3. The standard InChI is InChI=1S/C19H22BrNO4/c1-24-18-8-7-15(10-17(18)20)9-16(12-22)11-21-19(23)25-13-14-5-3-2-4-6-14/h2-8,10,16,22H,9,11-13H2,1H3,(H,21,23). The number of rotatable bonds is 8. The van der Waals surface area contributed by atoms with Crippen LogP contribution in [0, 0.1) is 5.92 Å². The zero-order valence-electron chi connectivity index (χ0n) is 14.1. The summed E-state index contributed by atoms with van der Waals surface area (Å²) in [4.78, 5) is 11.8. The number of carbonyl (C=O) groups excluding carboxylic acids is 1. The fourth-order valence-corrected chi connectivity index (χ4v) is 2.96. The maximum atomic E-state index is 11.8. The molecule has 0 aliphatic heterocycles. The Kier molecular flexibility index (Phi) is 7.76. The minimum atomic E-state index is -0.488. The minimum absolute atomic E-state index is 0.0252. The summed E-state index contributed by atoms with van der Waals surface area (Å²) < 4.78 is 11.2. The lowest BCUT2D eigenvalue weighted by molar-refractivity contribution is 0.135. The van der Waals surface area contributed by atoms with Crippen molar-refractivity contribution in [3.8, 4) is 5.75 Å². The molecule has 1 unspecified atom stereocenters. The van der Waals surface area contributed by atoms with Crippen LogP contribution in [0.5, 0.6) is 5.75 Å². The summed E-state index contributed by atoms with van der Waals surface area (Å²) in [5, 5.41) is 12.3. The van der Waals surface area contributed by atoms with Gasteiger partial charge in [-0.25, -0.2) is 4.79 Å². The fraction of sp³-hybridized carbons (Fsp3) is 0.316. The molecule has 25 heavy (non-hydrogen) atoms. The second kappa shape index (κ2) is 10.1. The molecule has 0 heterocycles. The number of hydrogen-bond donors (Lipinski definition) is 2. The van der Waals surface area contributed by atoms with Gasteiger partial charge in [-0.3, -0.25) is 0 Å². The Labute approximate surface area is 156 Å². The molecular formula is C19H22BrNO4. The van der Waals surface area contributed by atoms with Crippen molar-refractivity contribution in [2.75, 3.05) is 20.3 Å². The zero-order valence-corrected chi connectivity index (χ0v) is 15.7. The van der Waals surface area contributed by atoms with Gasteiger partial charge in [-0.1, -0.05) is 36.4 Å². The van der Waals surface area contributed by atoms with Crippen LogP contribution in [0.4, 0.5) is 4.79 Å². The van der Waals surface area contributed by atoms with Crippen molar-refractivity contribution in [1.82, 2.24) is 5.32 Å². The Bertz CT molecular complexity index is 678. The number of aliphatic hydroxyl groups is 1. The van der Waals surface area contributed by atoms with Gasteiger partial charge in [0.2, 0.25) is 0 Å². The molecule has 2 N–H and O–H groups in total. The van der Waals surface area contributed by atoms with Crippen molar-refractivity contribution in [1.29, 1.82) is 0 Å². The van der Waals surface area contributed by atoms with Gasteiger partial charge < -0.3 is 19.9 Å². The van der Waals surface area contributed by atoms with Crippen LogP contribution in [0.15, 0.2) is 53.0 Å². The van der Waals surface area contributed by atoms with Crippen LogP contribution >= 0.6 is 15.9 Å². The van der Waals surface area contributed by atoms with Gasteiger partial charge in [-0.05, 0) is 45.6 Å². The predicted octanol–water partition coefficient (Wildman–Crippen LogP) is 3.54. The second-order valence-corrected chi connectivity index (χ2v) is 6.52. The smallest absolute Gasteiger partial charge is 0.407 e. The first-order chi connectivity index (χ1) is 12.1. The van der Waals surface area contributed by atoms with Crippen molar-refractivity contribution in [2.45, 2.75) is 13.0 Å². The van der Waals surface area contributed by atoms with Crippen molar-refractivity contribution in [3.05, 3.63) is 64.1 Å². The molecule has 0 radical (unpaired) electrons. The first-order valence-corrected chi connectivity index (χ1v) is 8.79. The molecule has 0 fully saturated rings. The van der Waals surface area contributed by atoms with Gasteiger partial charge in [0.15, 0.2) is 0 Å². The Morgan fingerprint density at radius 3 is 2.60 bits per heavy atom. The second-order valence-electron chi connectivity index (χ2n) is 5.66. The molecule has 5 nitrogen and oxygen atoms in total. The van der Waals surface area contributed by atoms with E-state index in [-0.39, 0.29) is 19.1 Å². The monoisotopic (exact) mass is 407 g/mol. The summed E-state index contributed by atoms with van der Waals surface area (Å²) >= 11 is 3.45. The van der Waals surface area contributed by atoms with E-state index in [1.165, 1.54) is 0 Å². The summed E-state index contributed by atoms with van der Waals surface area (Å²) in [5.74, 6) is 0.663. The topological polar surface area (TPSA) is 67.8 Å². The van der Waals surface area contributed by atoms with E-state index < -0.39 is 6.09 Å². The molecule has 2 rings (SSSR count). The van der Waals surface area contributed by atoms with Gasteiger partial charge in [0.1, 0.15) is 12.4 Å². The zero-order chi connectivity index (χ0) is 18.1. The number of alkyl carbamates (subject to hydrolysis) is 1. The van der Waals surface area contributed by atoms with E-state index in [2.05, 4.69) is 21.2 Å². The maximum absolute atomic E-state index is 11.8. The number of nitrogens with one attached hydrogen (secondary N) is 1. The predicted molar refractivity (Wildman–Crippen MR) is 99.6 cm³/mol. The molecule has 0 spiro atoms. The molecular weight excluding hydrogens is 386 g/mol. The molecule has 2 aromatic carbocycles. The number of carbonyl (C=O) groups is 1. The third kappa shape index (κ3) is 6.40. The summed E-state index contributed by atoms with van der Waals surface area (Å²) in [6.07, 6.45) is 0.149. The van der Waals surface area contributed by atoms with Crippen LogP contribution in [0.3, 0.4) is 0 Å². The summed E-state index contributed by atoms with van der Waals surface area (Å²) in [7, 11) is 1.61. The highest BCUT2D eigenvalue weighted by molar-refractivity contribution is 9.10. The number of ether oxygens (including phenoxy) is 2. The van der Waals surface area contributed by atoms with Crippen molar-refractivity contribution in [2.24, 2.45) is 5.92 Å². The van der Waals surface area contributed by atoms with Gasteiger partial charge >= 0.3 is 6.09 Å². The van der Waals surface area contributed by atoms with Crippen molar-refractivity contribution >= 4 is 22.0 Å². The fourth-order valence-electron chi connectivity index (χ4n) is 2.37. The lowest BCUT2D eigenvalue weighted by atomic mass is 10.00. The average molecular weight is 408 g/mol. The highest BCUT2D eigenvalue weighted by Crippen LogP contribution is 2.26. The van der Waals surface area contributed by atoms with E-state index in [4.69, 9.17) is 9.47 Å². The third-order valence-electron chi connectivity index (χ3n) is 3.75. The molecule has 0 aliphatic carbocycles. The van der Waals surface area contributed by atoms with E-state index in [1.54, 1.807) is 7.11 Å². The Hall–Kier alpha value is -2.05. The van der Waals surface area contributed by atoms with Gasteiger partial charge in [0.25, 0.3) is 0 Å². The van der Waals surface area contributed by atoms with Crippen LogP contribution in [0.1, 0.15) is 11.1 Å². The molecule has 1 atom stereocenters. The van der Waals surface area contributed by atoms with Crippen LogP contribution in [-0.2, 0) is 17.8 Å². The van der Waals surface area contributed by atoms with E-state index in [0.29, 0.717) is 13.0 Å². The maximum Gasteiger partial charge on any atom is 0.407 e. The van der Waals surface area contributed by atoms with Crippen LogP contribution in [-0.4, -0.2) is 31.5 Å². The number of methoxy groups -OCH3 is 1. The molecule has 134 valence electrons. The average Bonchev–Trinajstić information content (AvgIpc) is 2.64. The molecule has 0 aliphatic rings. The summed E-state index contributed by atoms with van der Waals surface area (Å²) in [5.41, 5.74) is 1.98. The molecule has 0 bridgehead atoms. The Balaban J connectivity index is 1.79. The lowest BCUT2D eigenvalue weighted by Gasteiger charge is -2.16. The Morgan fingerprint density at radius 1 is 1.20 bits per heavy atom. The normalized spacial score (nSPS) is 11.6. The SMILES string of the molecule is COc1ccc(CC(CO)CNC(=O)OCc2ccccc2)cc1Br. The quantitative estimate of drug-likeness (QED) is 0.701. The number of aliphatic hydroxyl groups excluding tert-OH is 1. The number of halogens is 1. The van der Waals surface area contributed by atoms with Gasteiger partial charge in [0, 0.05) is 19.1 Å². The number of hydrogen-bond acceptors (Lipinski definition) is 4. The first kappa shape index (κ1) is 19.3. The largest absolute Gasteiger partial charge is 0.496 e. The van der Waals surface area contributed by atoms with E-state index in [0.717, 1.165) is 21.3 Å². The molecule has 0 saturated heterocycles. The number of benzene rings is 2. The molecule has 0 aromatic heterocycles. The first-order valence-electron chi connectivity index (χ1n) is 8.00. The molecule has 0 saturated carbocycles. The number of amides is 1. The highest BCUT2D eigenvalue weighted by atomic mass is 79.9. The summed E-state index contributed by atoms with van der Waals surface area (Å²) in [6.45, 7) is 0.540. The minimum Gasteiger partial charge on any atom is -0.496 e. The highest BCUT2D eigenvalue weighted by Gasteiger charge is 2.12. The lowest BCUT2D eigenvalue weighted by Crippen LogP contribution is -2.32. The Morgan fingerprint density at radius 2 is 1.96 bits per heavy atom. The van der Waals surface area contributed by atoms with E-state index >= 15 is 0 Å². The molecule has 2 aromatic rings. The van der Waals surface area contributed by atoms with E-state index in [1.807, 2.05) is 48.5 Å². The van der Waals surface area contributed by atoms with Gasteiger partial charge in [0.05, 0.1) is 11.6 Å². The van der Waals surface area contributed by atoms with Crippen LogP contribution < -0.4 is 10.1 Å². The van der Waals surface area contributed by atoms with Gasteiger partial charge in [-0.15, -0.1) is 0 Å². The molecule has 1 amide bonds. The van der Waals surface area contributed by atoms with Crippen molar-refractivity contribution in [3.63, 3.8) is 0 Å². The van der Waals surface area contributed by atoms with Crippen molar-refractivity contribution < 1.29 is 19.4 Å². The van der Waals surface area contributed by atoms with E-state index in [9.17, 15) is 9.90 Å². The third-order valence-corrected chi connectivity index (χ3v) is 4.37.